The Morgan fingerprint density at radius 2 is 1.80 bits per heavy atom. The summed E-state index contributed by atoms with van der Waals surface area (Å²) < 4.78 is 5.13. The number of methoxy groups -OCH3 is 1. The fraction of sp³-hybridized carbons (Fsp3) is 0.357. The number of carbonyl (C=O) groups excluding carboxylic acids is 2. The van der Waals surface area contributed by atoms with Crippen molar-refractivity contribution in [3.63, 3.8) is 0 Å². The zero-order valence-corrected chi connectivity index (χ0v) is 22.2. The fourth-order valence-corrected chi connectivity index (χ4v) is 6.83. The molecule has 184 valence electrons. The molecule has 0 aliphatic heterocycles. The molecule has 1 heterocycles. The third kappa shape index (κ3) is 5.73. The van der Waals surface area contributed by atoms with E-state index in [0.29, 0.717) is 22.2 Å². The smallest absolute Gasteiger partial charge is 0.341 e. The van der Waals surface area contributed by atoms with Crippen LogP contribution in [-0.4, -0.2) is 19.0 Å². The number of thiophene rings is 1. The Labute approximate surface area is 215 Å². The molecule has 2 unspecified atom stereocenters. The van der Waals surface area contributed by atoms with Gasteiger partial charge in [-0.15, -0.1) is 23.1 Å². The number of benzene rings is 2. The topological polar surface area (TPSA) is 81.4 Å². The average Bonchev–Trinajstić information content (AvgIpc) is 3.20. The highest BCUT2D eigenvalue weighted by molar-refractivity contribution is 8.00. The Morgan fingerprint density at radius 3 is 2.43 bits per heavy atom. The summed E-state index contributed by atoms with van der Waals surface area (Å²) in [6.07, 6.45) is 2.74. The molecule has 1 aliphatic rings. The van der Waals surface area contributed by atoms with E-state index in [1.165, 1.54) is 35.1 Å². The number of nitrogen functional groups attached to an aromatic ring is 1. The first-order valence-corrected chi connectivity index (χ1v) is 13.5. The zero-order valence-electron chi connectivity index (χ0n) is 20.6. The molecule has 0 fully saturated rings. The van der Waals surface area contributed by atoms with E-state index in [1.54, 1.807) is 0 Å². The summed E-state index contributed by atoms with van der Waals surface area (Å²) in [5.41, 5.74) is 9.13. The first-order valence-electron chi connectivity index (χ1n) is 11.8. The van der Waals surface area contributed by atoms with E-state index in [2.05, 4.69) is 26.1 Å². The highest BCUT2D eigenvalue weighted by atomic mass is 32.2. The number of thioether (sulfide) groups is 1. The number of hydrogen-bond donors (Lipinski definition) is 2. The molecule has 0 saturated heterocycles. The number of carbonyl (C=O) groups is 2. The van der Waals surface area contributed by atoms with E-state index in [-0.39, 0.29) is 11.3 Å². The van der Waals surface area contributed by atoms with Crippen molar-refractivity contribution in [2.24, 2.45) is 11.3 Å². The molecule has 0 saturated carbocycles. The minimum atomic E-state index is -0.494. The maximum Gasteiger partial charge on any atom is 0.341 e. The summed E-state index contributed by atoms with van der Waals surface area (Å²) in [5.74, 6) is -0.0376. The summed E-state index contributed by atoms with van der Waals surface area (Å²) in [4.78, 5) is 28.6. The Morgan fingerprint density at radius 1 is 1.11 bits per heavy atom. The van der Waals surface area contributed by atoms with Gasteiger partial charge in [0.2, 0.25) is 5.91 Å². The lowest BCUT2D eigenvalue weighted by atomic mass is 9.72. The van der Waals surface area contributed by atoms with Crippen LogP contribution in [0.5, 0.6) is 0 Å². The van der Waals surface area contributed by atoms with Crippen molar-refractivity contribution in [3.05, 3.63) is 76.2 Å². The highest BCUT2D eigenvalue weighted by Crippen LogP contribution is 2.45. The molecule has 1 aliphatic carbocycles. The fourth-order valence-electron chi connectivity index (χ4n) is 4.49. The second-order valence-electron chi connectivity index (χ2n) is 9.97. The van der Waals surface area contributed by atoms with Crippen molar-refractivity contribution >= 4 is 45.7 Å². The molecule has 2 atom stereocenters. The van der Waals surface area contributed by atoms with Crippen LogP contribution in [0, 0.1) is 11.3 Å². The normalized spacial score (nSPS) is 16.3. The lowest BCUT2D eigenvalue weighted by Crippen LogP contribution is -2.26. The SMILES string of the molecule is COC(=O)c1c(NC(=O)C(Sc2ccc(N)cc2)c2ccccc2)sc2c1CCC(C(C)(C)C)C2. The number of nitrogens with two attached hydrogens (primary N) is 1. The minimum absolute atomic E-state index is 0.172. The standard InChI is InChI=1S/C28H32N2O3S2/c1-28(2,3)18-10-15-21-22(16-18)35-26(23(21)27(32)33-4)30-25(31)24(17-8-6-5-7-9-17)34-20-13-11-19(29)12-14-20/h5-9,11-14,18,24H,10,15-16,29H2,1-4H3,(H,30,31). The predicted molar refractivity (Wildman–Crippen MR) is 145 cm³/mol. The monoisotopic (exact) mass is 508 g/mol. The van der Waals surface area contributed by atoms with Crippen LogP contribution in [0.15, 0.2) is 59.5 Å². The van der Waals surface area contributed by atoms with Crippen LogP contribution in [0.2, 0.25) is 0 Å². The minimum Gasteiger partial charge on any atom is -0.465 e. The lowest BCUT2D eigenvalue weighted by molar-refractivity contribution is -0.115. The first-order chi connectivity index (χ1) is 16.7. The van der Waals surface area contributed by atoms with E-state index in [1.807, 2.05) is 54.6 Å². The number of esters is 1. The Balaban J connectivity index is 1.66. The van der Waals surface area contributed by atoms with Gasteiger partial charge >= 0.3 is 5.97 Å². The maximum absolute atomic E-state index is 13.7. The van der Waals surface area contributed by atoms with Crippen molar-refractivity contribution in [2.45, 2.75) is 50.2 Å². The molecule has 0 radical (unpaired) electrons. The number of anilines is 2. The van der Waals surface area contributed by atoms with Crippen molar-refractivity contribution in [1.29, 1.82) is 0 Å². The van der Waals surface area contributed by atoms with Crippen LogP contribution in [0.3, 0.4) is 0 Å². The number of amides is 1. The summed E-state index contributed by atoms with van der Waals surface area (Å²) in [7, 11) is 1.39. The first kappa shape index (κ1) is 25.3. The predicted octanol–water partition coefficient (Wildman–Crippen LogP) is 6.74. The van der Waals surface area contributed by atoms with Gasteiger partial charge in [-0.25, -0.2) is 4.79 Å². The van der Waals surface area contributed by atoms with Gasteiger partial charge in [-0.3, -0.25) is 4.79 Å². The zero-order chi connectivity index (χ0) is 25.2. The van der Waals surface area contributed by atoms with Gasteiger partial charge in [0.1, 0.15) is 10.3 Å². The van der Waals surface area contributed by atoms with Crippen molar-refractivity contribution < 1.29 is 14.3 Å². The number of hydrogen-bond acceptors (Lipinski definition) is 6. The number of fused-ring (bicyclic) bond motifs is 1. The average molecular weight is 509 g/mol. The van der Waals surface area contributed by atoms with Crippen LogP contribution < -0.4 is 11.1 Å². The molecule has 1 aromatic heterocycles. The maximum atomic E-state index is 13.7. The van der Waals surface area contributed by atoms with Gasteiger partial charge in [-0.2, -0.15) is 0 Å². The number of rotatable bonds is 6. The summed E-state index contributed by atoms with van der Waals surface area (Å²) in [5, 5.41) is 3.19. The molecule has 7 heteroatoms. The van der Waals surface area contributed by atoms with Gasteiger partial charge < -0.3 is 15.8 Å². The molecule has 1 amide bonds. The Hall–Kier alpha value is -2.77. The van der Waals surface area contributed by atoms with E-state index in [4.69, 9.17) is 10.5 Å². The van der Waals surface area contributed by atoms with Crippen LogP contribution in [0.4, 0.5) is 10.7 Å². The molecule has 0 spiro atoms. The number of nitrogens with one attached hydrogen (secondary N) is 1. The molecule has 35 heavy (non-hydrogen) atoms. The highest BCUT2D eigenvalue weighted by Gasteiger charge is 2.35. The Bertz CT molecular complexity index is 1200. The molecule has 4 rings (SSSR count). The third-order valence-electron chi connectivity index (χ3n) is 6.59. The van der Waals surface area contributed by atoms with Gasteiger partial charge in [-0.1, -0.05) is 51.1 Å². The van der Waals surface area contributed by atoms with Crippen molar-refractivity contribution in [1.82, 2.24) is 0 Å². The van der Waals surface area contributed by atoms with E-state index >= 15 is 0 Å². The van der Waals surface area contributed by atoms with E-state index in [9.17, 15) is 9.59 Å². The van der Waals surface area contributed by atoms with Crippen molar-refractivity contribution in [2.75, 3.05) is 18.2 Å². The van der Waals surface area contributed by atoms with Crippen LogP contribution >= 0.6 is 23.1 Å². The molecular formula is C28H32N2O3S2. The molecule has 5 nitrogen and oxygen atoms in total. The summed E-state index contributed by atoms with van der Waals surface area (Å²) in [6.45, 7) is 6.79. The molecule has 3 N–H and O–H groups in total. The second-order valence-corrected chi connectivity index (χ2v) is 12.3. The van der Waals surface area contributed by atoms with Crippen molar-refractivity contribution in [3.8, 4) is 0 Å². The molecule has 2 aromatic carbocycles. The van der Waals surface area contributed by atoms with E-state index in [0.717, 1.165) is 35.3 Å². The summed E-state index contributed by atoms with van der Waals surface area (Å²) >= 11 is 2.97. The van der Waals surface area contributed by atoms with Gasteiger partial charge in [0.05, 0.1) is 12.7 Å². The van der Waals surface area contributed by atoms with Crippen LogP contribution in [0.25, 0.3) is 0 Å². The molecular weight excluding hydrogens is 476 g/mol. The Kier molecular flexibility index (Phi) is 7.57. The third-order valence-corrected chi connectivity index (χ3v) is 9.03. The van der Waals surface area contributed by atoms with Gasteiger partial charge in [0, 0.05) is 15.5 Å². The van der Waals surface area contributed by atoms with Crippen LogP contribution in [-0.2, 0) is 22.4 Å². The lowest BCUT2D eigenvalue weighted by Gasteiger charge is -2.33. The van der Waals surface area contributed by atoms with Gasteiger partial charge in [-0.05, 0) is 66.0 Å². The van der Waals surface area contributed by atoms with Gasteiger partial charge in [0.15, 0.2) is 0 Å². The van der Waals surface area contributed by atoms with Crippen LogP contribution in [0.1, 0.15) is 58.8 Å². The van der Waals surface area contributed by atoms with Gasteiger partial charge in [0.25, 0.3) is 0 Å². The quantitative estimate of drug-likeness (QED) is 0.219. The largest absolute Gasteiger partial charge is 0.465 e. The summed E-state index contributed by atoms with van der Waals surface area (Å²) in [6, 6.07) is 17.2. The number of ether oxygens (including phenoxy) is 1. The molecule has 3 aromatic rings. The molecule has 0 bridgehead atoms. The van der Waals surface area contributed by atoms with E-state index < -0.39 is 11.2 Å². The second kappa shape index (κ2) is 10.5.